The molecule has 0 saturated heterocycles. The van der Waals surface area contributed by atoms with Gasteiger partial charge in [-0.1, -0.05) is 24.3 Å². The summed E-state index contributed by atoms with van der Waals surface area (Å²) >= 11 is 0. The Balaban J connectivity index is 1.75. The molecule has 1 aromatic heterocycles. The van der Waals surface area contributed by atoms with Crippen molar-refractivity contribution in [2.24, 2.45) is 0 Å². The second kappa shape index (κ2) is 7.70. The average Bonchev–Trinajstić information content (AvgIpc) is 3.16. The molecule has 136 valence electrons. The Morgan fingerprint density at radius 3 is 2.26 bits per heavy atom. The van der Waals surface area contributed by atoms with E-state index in [1.165, 1.54) is 19.2 Å². The van der Waals surface area contributed by atoms with Gasteiger partial charge in [0, 0.05) is 28.7 Å². The van der Waals surface area contributed by atoms with Gasteiger partial charge in [-0.25, -0.2) is 0 Å². The van der Waals surface area contributed by atoms with Gasteiger partial charge in [0.05, 0.1) is 0 Å². The molecule has 0 fully saturated rings. The summed E-state index contributed by atoms with van der Waals surface area (Å²) in [7, 11) is 0. The molecule has 0 aliphatic rings. The number of hydrogen-bond acceptors (Lipinski definition) is 3. The van der Waals surface area contributed by atoms with E-state index >= 15 is 0 Å². The molecule has 0 unspecified atom stereocenters. The monoisotopic (exact) mass is 361 g/mol. The number of anilines is 2. The van der Waals surface area contributed by atoms with Crippen LogP contribution in [0.2, 0.25) is 0 Å². The first-order chi connectivity index (χ1) is 12.9. The Bertz CT molecular complexity index is 1010. The first-order valence-corrected chi connectivity index (χ1v) is 8.42. The number of ketones is 1. The summed E-state index contributed by atoms with van der Waals surface area (Å²) in [5, 5.41) is 5.61. The van der Waals surface area contributed by atoms with Crippen molar-refractivity contribution >= 4 is 29.0 Å². The number of aromatic amines is 1. The highest BCUT2D eigenvalue weighted by Crippen LogP contribution is 2.22. The van der Waals surface area contributed by atoms with E-state index in [0.717, 1.165) is 5.56 Å². The van der Waals surface area contributed by atoms with Crippen LogP contribution < -0.4 is 10.6 Å². The average molecular weight is 361 g/mol. The molecule has 6 nitrogen and oxygen atoms in total. The van der Waals surface area contributed by atoms with Crippen molar-refractivity contribution in [2.45, 2.75) is 13.8 Å². The number of aromatic nitrogens is 1. The van der Waals surface area contributed by atoms with Crippen molar-refractivity contribution in [3.8, 4) is 0 Å². The normalized spacial score (nSPS) is 10.3. The topological polar surface area (TPSA) is 91.1 Å². The van der Waals surface area contributed by atoms with E-state index < -0.39 is 0 Å². The predicted octanol–water partition coefficient (Wildman–Crippen LogP) is 4.03. The number of nitrogens with one attached hydrogen (secondary N) is 3. The summed E-state index contributed by atoms with van der Waals surface area (Å²) < 4.78 is 0. The van der Waals surface area contributed by atoms with Crippen LogP contribution in [0.5, 0.6) is 0 Å². The molecule has 0 aliphatic carbocycles. The summed E-state index contributed by atoms with van der Waals surface area (Å²) in [4.78, 5) is 38.9. The number of aryl methyl sites for hydroxylation is 1. The van der Waals surface area contributed by atoms with Gasteiger partial charge in [-0.3, -0.25) is 14.4 Å². The van der Waals surface area contributed by atoms with Gasteiger partial charge in [0.2, 0.25) is 0 Å². The fourth-order valence-corrected chi connectivity index (χ4v) is 2.55. The third-order valence-corrected chi connectivity index (χ3v) is 4.11. The van der Waals surface area contributed by atoms with E-state index in [0.29, 0.717) is 28.2 Å². The lowest BCUT2D eigenvalue weighted by atomic mass is 10.1. The zero-order chi connectivity index (χ0) is 19.4. The molecular weight excluding hydrogens is 342 g/mol. The Morgan fingerprint density at radius 2 is 1.59 bits per heavy atom. The van der Waals surface area contributed by atoms with Gasteiger partial charge >= 0.3 is 0 Å². The number of carbonyl (C=O) groups excluding carboxylic acids is 3. The predicted molar refractivity (Wildman–Crippen MR) is 104 cm³/mol. The number of amides is 2. The van der Waals surface area contributed by atoms with E-state index in [4.69, 9.17) is 0 Å². The molecule has 0 atom stereocenters. The van der Waals surface area contributed by atoms with E-state index in [2.05, 4.69) is 15.6 Å². The van der Waals surface area contributed by atoms with Crippen LogP contribution in [-0.2, 0) is 0 Å². The van der Waals surface area contributed by atoms with E-state index in [-0.39, 0.29) is 17.6 Å². The summed E-state index contributed by atoms with van der Waals surface area (Å²) in [6, 6.07) is 15.7. The third kappa shape index (κ3) is 4.30. The van der Waals surface area contributed by atoms with Crippen molar-refractivity contribution < 1.29 is 14.4 Å². The molecule has 27 heavy (non-hydrogen) atoms. The lowest BCUT2D eigenvalue weighted by Gasteiger charge is -2.11. The molecule has 3 rings (SSSR count). The minimum Gasteiger partial charge on any atom is -0.356 e. The smallest absolute Gasteiger partial charge is 0.272 e. The van der Waals surface area contributed by atoms with Crippen molar-refractivity contribution in [1.82, 2.24) is 4.98 Å². The summed E-state index contributed by atoms with van der Waals surface area (Å²) in [6.07, 6.45) is 1.50. The molecule has 2 amide bonds. The third-order valence-electron chi connectivity index (χ3n) is 4.11. The molecule has 6 heteroatoms. The van der Waals surface area contributed by atoms with Crippen molar-refractivity contribution in [2.75, 3.05) is 10.6 Å². The molecule has 0 spiro atoms. The highest BCUT2D eigenvalue weighted by Gasteiger charge is 2.13. The molecule has 0 aliphatic heterocycles. The molecule has 0 bridgehead atoms. The highest BCUT2D eigenvalue weighted by molar-refractivity contribution is 6.07. The molecule has 3 N–H and O–H groups in total. The molecule has 2 aromatic carbocycles. The highest BCUT2D eigenvalue weighted by atomic mass is 16.2. The second-order valence-corrected chi connectivity index (χ2v) is 6.16. The first kappa shape index (κ1) is 18.1. The van der Waals surface area contributed by atoms with Crippen LogP contribution in [-0.4, -0.2) is 22.6 Å². The van der Waals surface area contributed by atoms with Crippen molar-refractivity contribution in [1.29, 1.82) is 0 Å². The maximum Gasteiger partial charge on any atom is 0.272 e. The van der Waals surface area contributed by atoms with Gasteiger partial charge in [-0.05, 0) is 49.7 Å². The SMILES string of the molecule is CC(=O)c1c[nH]c(C(=O)Nc2cc(NC(=O)c3ccccc3)ccc2C)c1. The van der Waals surface area contributed by atoms with E-state index in [1.807, 2.05) is 19.1 Å². The zero-order valence-electron chi connectivity index (χ0n) is 15.0. The molecule has 3 aromatic rings. The maximum absolute atomic E-state index is 12.4. The standard InChI is InChI=1S/C21H19N3O3/c1-13-8-9-17(23-20(26)15-6-4-3-5-7-15)11-18(13)24-21(27)19-10-16(12-22-19)14(2)25/h3-12,22H,1-2H3,(H,23,26)(H,24,27). The Hall–Kier alpha value is -3.67. The number of hydrogen-bond donors (Lipinski definition) is 3. The van der Waals surface area contributed by atoms with Gasteiger partial charge < -0.3 is 15.6 Å². The minimum atomic E-state index is -0.364. The fraction of sp³-hybridized carbons (Fsp3) is 0.0952. The number of carbonyl (C=O) groups is 3. The maximum atomic E-state index is 12.4. The van der Waals surface area contributed by atoms with Crippen LogP contribution in [0.4, 0.5) is 11.4 Å². The summed E-state index contributed by atoms with van der Waals surface area (Å²) in [5.74, 6) is -0.712. The Kier molecular flexibility index (Phi) is 5.17. The Labute approximate surface area is 156 Å². The van der Waals surface area contributed by atoms with Gasteiger partial charge in [0.25, 0.3) is 11.8 Å². The minimum absolute atomic E-state index is 0.118. The largest absolute Gasteiger partial charge is 0.356 e. The second-order valence-electron chi connectivity index (χ2n) is 6.16. The molecular formula is C21H19N3O3. The summed E-state index contributed by atoms with van der Waals surface area (Å²) in [5.41, 5.74) is 3.27. The number of rotatable bonds is 5. The molecule has 1 heterocycles. The van der Waals surface area contributed by atoms with Crippen molar-refractivity contribution in [3.63, 3.8) is 0 Å². The lowest BCUT2D eigenvalue weighted by Crippen LogP contribution is -2.15. The van der Waals surface area contributed by atoms with Crippen LogP contribution in [0.1, 0.15) is 43.7 Å². The zero-order valence-corrected chi connectivity index (χ0v) is 15.0. The van der Waals surface area contributed by atoms with Gasteiger partial charge in [0.1, 0.15) is 5.69 Å². The van der Waals surface area contributed by atoms with Crippen LogP contribution in [0.3, 0.4) is 0 Å². The molecule has 0 radical (unpaired) electrons. The van der Waals surface area contributed by atoms with Gasteiger partial charge in [-0.2, -0.15) is 0 Å². The lowest BCUT2D eigenvalue weighted by molar-refractivity contribution is 0.101. The van der Waals surface area contributed by atoms with E-state index in [1.54, 1.807) is 36.4 Å². The van der Waals surface area contributed by atoms with Gasteiger partial charge in [0.15, 0.2) is 5.78 Å². The van der Waals surface area contributed by atoms with Crippen LogP contribution in [0.25, 0.3) is 0 Å². The van der Waals surface area contributed by atoms with Gasteiger partial charge in [-0.15, -0.1) is 0 Å². The number of Topliss-reactive ketones (excluding diaryl/α,β-unsaturated/α-hetero) is 1. The quantitative estimate of drug-likeness (QED) is 0.599. The molecule has 0 saturated carbocycles. The van der Waals surface area contributed by atoms with Crippen LogP contribution in [0, 0.1) is 6.92 Å². The van der Waals surface area contributed by atoms with Crippen molar-refractivity contribution in [3.05, 3.63) is 83.2 Å². The first-order valence-electron chi connectivity index (χ1n) is 8.42. The fourth-order valence-electron chi connectivity index (χ4n) is 2.55. The Morgan fingerprint density at radius 1 is 0.852 bits per heavy atom. The van der Waals surface area contributed by atoms with Crippen LogP contribution >= 0.6 is 0 Å². The van der Waals surface area contributed by atoms with E-state index in [9.17, 15) is 14.4 Å². The number of benzene rings is 2. The van der Waals surface area contributed by atoms with Crippen LogP contribution in [0.15, 0.2) is 60.8 Å². The summed E-state index contributed by atoms with van der Waals surface area (Å²) in [6.45, 7) is 3.29. The number of H-pyrrole nitrogens is 1.